The lowest BCUT2D eigenvalue weighted by Crippen LogP contribution is -2.40. The van der Waals surface area contributed by atoms with Crippen molar-refractivity contribution in [1.29, 1.82) is 0 Å². The number of allylic oxidation sites excluding steroid dienone is 2. The number of carbonyl (C=O) groups is 2. The van der Waals surface area contributed by atoms with Gasteiger partial charge in [-0.25, -0.2) is 0 Å². The van der Waals surface area contributed by atoms with Crippen molar-refractivity contribution in [2.24, 2.45) is 0 Å². The molecule has 138 valence electrons. The number of hydrogen-bond acceptors (Lipinski definition) is 3. The molecule has 4 rings (SSSR count). The van der Waals surface area contributed by atoms with Crippen LogP contribution in [0.3, 0.4) is 0 Å². The molecule has 1 aliphatic carbocycles. The number of ether oxygens (including phenoxy) is 1. The third-order valence-corrected chi connectivity index (χ3v) is 5.58. The highest BCUT2D eigenvalue weighted by molar-refractivity contribution is 6.34. The van der Waals surface area contributed by atoms with Gasteiger partial charge in [0.05, 0.1) is 17.8 Å². The Labute approximate surface area is 163 Å². The molecule has 0 aromatic heterocycles. The average molecular weight is 382 g/mol. The summed E-state index contributed by atoms with van der Waals surface area (Å²) in [5, 5.41) is 0.510. The van der Waals surface area contributed by atoms with Gasteiger partial charge in [-0.1, -0.05) is 35.9 Å². The van der Waals surface area contributed by atoms with Gasteiger partial charge in [-0.3, -0.25) is 14.5 Å². The molecular weight excluding hydrogens is 362 g/mol. The van der Waals surface area contributed by atoms with Gasteiger partial charge in [-0.2, -0.15) is 0 Å². The highest BCUT2D eigenvalue weighted by atomic mass is 35.5. The van der Waals surface area contributed by atoms with Crippen LogP contribution in [-0.4, -0.2) is 18.8 Å². The zero-order valence-electron chi connectivity index (χ0n) is 15.1. The van der Waals surface area contributed by atoms with E-state index in [2.05, 4.69) is 0 Å². The Hall–Kier alpha value is -2.59. The van der Waals surface area contributed by atoms with Crippen molar-refractivity contribution in [1.82, 2.24) is 0 Å². The van der Waals surface area contributed by atoms with E-state index in [4.69, 9.17) is 16.3 Å². The third-order valence-electron chi connectivity index (χ3n) is 5.26. The van der Waals surface area contributed by atoms with Gasteiger partial charge >= 0.3 is 0 Å². The Morgan fingerprint density at radius 1 is 1.07 bits per heavy atom. The number of Topliss-reactive ketones (excluding diaryl/α,β-unsaturated/α-hetero) is 1. The van der Waals surface area contributed by atoms with Crippen LogP contribution in [0.15, 0.2) is 59.8 Å². The summed E-state index contributed by atoms with van der Waals surface area (Å²) in [6.07, 6.45) is 2.20. The molecule has 0 fully saturated rings. The Balaban J connectivity index is 1.87. The number of ketones is 1. The van der Waals surface area contributed by atoms with Crippen molar-refractivity contribution < 1.29 is 14.3 Å². The number of methoxy groups -OCH3 is 1. The minimum atomic E-state index is -0.242. The Bertz CT molecular complexity index is 950. The van der Waals surface area contributed by atoms with E-state index in [-0.39, 0.29) is 24.0 Å². The molecule has 1 amide bonds. The average Bonchev–Trinajstić information content (AvgIpc) is 2.68. The standard InChI is InChI=1S/C22H20ClNO3/c1-27-15-7-4-6-14(12-15)16-13-21(26)24(18-9-3-2-8-17(18)23)19-10-5-11-20(25)22(16)19/h2-4,6-9,12,16H,5,10-11,13H2,1H3. The largest absolute Gasteiger partial charge is 0.497 e. The first-order chi connectivity index (χ1) is 13.1. The second-order valence-corrected chi connectivity index (χ2v) is 7.26. The van der Waals surface area contributed by atoms with E-state index in [1.165, 1.54) is 0 Å². The van der Waals surface area contributed by atoms with Crippen molar-refractivity contribution in [2.75, 3.05) is 12.0 Å². The van der Waals surface area contributed by atoms with E-state index in [1.807, 2.05) is 42.5 Å². The molecule has 5 heteroatoms. The molecule has 0 radical (unpaired) electrons. The maximum Gasteiger partial charge on any atom is 0.232 e. The molecule has 0 bridgehead atoms. The van der Waals surface area contributed by atoms with Crippen molar-refractivity contribution in [3.05, 3.63) is 70.4 Å². The molecule has 4 nitrogen and oxygen atoms in total. The number of nitrogens with zero attached hydrogens (tertiary/aromatic N) is 1. The number of amides is 1. The summed E-state index contributed by atoms with van der Waals surface area (Å²) in [5.74, 6) is 0.561. The number of rotatable bonds is 3. The van der Waals surface area contributed by atoms with E-state index >= 15 is 0 Å². The molecule has 2 aromatic rings. The number of benzene rings is 2. The van der Waals surface area contributed by atoms with Crippen molar-refractivity contribution >= 4 is 29.0 Å². The van der Waals surface area contributed by atoms with Crippen molar-refractivity contribution in [3.8, 4) is 5.75 Å². The van der Waals surface area contributed by atoms with Gasteiger partial charge in [0.15, 0.2) is 5.78 Å². The van der Waals surface area contributed by atoms with Gasteiger partial charge in [-0.15, -0.1) is 0 Å². The first kappa shape index (κ1) is 17.8. The highest BCUT2D eigenvalue weighted by Gasteiger charge is 2.40. The Kier molecular flexibility index (Phi) is 4.75. The number of carbonyl (C=O) groups excluding carboxylic acids is 2. The van der Waals surface area contributed by atoms with Gasteiger partial charge in [0, 0.05) is 30.0 Å². The van der Waals surface area contributed by atoms with E-state index in [1.54, 1.807) is 18.1 Å². The molecule has 1 unspecified atom stereocenters. The first-order valence-electron chi connectivity index (χ1n) is 9.08. The minimum Gasteiger partial charge on any atom is -0.497 e. The van der Waals surface area contributed by atoms with Crippen LogP contribution in [0.5, 0.6) is 5.75 Å². The van der Waals surface area contributed by atoms with Crippen LogP contribution in [0.4, 0.5) is 5.69 Å². The van der Waals surface area contributed by atoms with Crippen LogP contribution >= 0.6 is 11.6 Å². The fourth-order valence-electron chi connectivity index (χ4n) is 4.05. The highest BCUT2D eigenvalue weighted by Crippen LogP contribution is 2.45. The van der Waals surface area contributed by atoms with Gasteiger partial charge in [0.2, 0.25) is 5.91 Å². The molecule has 0 spiro atoms. The van der Waals surface area contributed by atoms with E-state index in [0.717, 1.165) is 29.0 Å². The van der Waals surface area contributed by atoms with Gasteiger partial charge in [-0.05, 0) is 42.7 Å². The lowest BCUT2D eigenvalue weighted by atomic mass is 9.77. The molecular formula is C22H20ClNO3. The summed E-state index contributed by atoms with van der Waals surface area (Å²) in [6.45, 7) is 0. The summed E-state index contributed by atoms with van der Waals surface area (Å²) in [6, 6.07) is 14.9. The fraction of sp³-hybridized carbons (Fsp3) is 0.273. The predicted molar refractivity (Wildman–Crippen MR) is 105 cm³/mol. The fourth-order valence-corrected chi connectivity index (χ4v) is 4.27. The van der Waals surface area contributed by atoms with Crippen LogP contribution in [-0.2, 0) is 9.59 Å². The van der Waals surface area contributed by atoms with E-state index < -0.39 is 0 Å². The Morgan fingerprint density at radius 3 is 2.67 bits per heavy atom. The molecule has 0 N–H and O–H groups in total. The van der Waals surface area contributed by atoms with Crippen LogP contribution < -0.4 is 9.64 Å². The number of para-hydroxylation sites is 1. The topological polar surface area (TPSA) is 46.6 Å². The minimum absolute atomic E-state index is 0.0376. The number of anilines is 1. The summed E-state index contributed by atoms with van der Waals surface area (Å²) in [4.78, 5) is 27.7. The molecule has 1 atom stereocenters. The van der Waals surface area contributed by atoms with Crippen LogP contribution in [0, 0.1) is 0 Å². The van der Waals surface area contributed by atoms with Crippen molar-refractivity contribution in [2.45, 2.75) is 31.6 Å². The monoisotopic (exact) mass is 381 g/mol. The Morgan fingerprint density at radius 2 is 1.89 bits per heavy atom. The zero-order valence-corrected chi connectivity index (χ0v) is 15.8. The maximum atomic E-state index is 13.1. The lowest BCUT2D eigenvalue weighted by molar-refractivity contribution is -0.119. The lowest BCUT2D eigenvalue weighted by Gasteiger charge is -2.38. The van der Waals surface area contributed by atoms with Crippen LogP contribution in [0.25, 0.3) is 0 Å². The first-order valence-corrected chi connectivity index (χ1v) is 9.45. The molecule has 0 saturated heterocycles. The van der Waals surface area contributed by atoms with Crippen LogP contribution in [0.1, 0.15) is 37.2 Å². The van der Waals surface area contributed by atoms with Gasteiger partial charge in [0.1, 0.15) is 5.75 Å². The van der Waals surface area contributed by atoms with E-state index in [0.29, 0.717) is 23.6 Å². The summed E-state index contributed by atoms with van der Waals surface area (Å²) < 4.78 is 5.33. The molecule has 2 aromatic carbocycles. The molecule has 1 heterocycles. The van der Waals surface area contributed by atoms with Crippen LogP contribution in [0.2, 0.25) is 5.02 Å². The smallest absolute Gasteiger partial charge is 0.232 e. The SMILES string of the molecule is COc1cccc(C2CC(=O)N(c3ccccc3Cl)C3=C2C(=O)CCC3)c1. The second kappa shape index (κ2) is 7.20. The summed E-state index contributed by atoms with van der Waals surface area (Å²) in [7, 11) is 1.61. The third kappa shape index (κ3) is 3.15. The summed E-state index contributed by atoms with van der Waals surface area (Å²) >= 11 is 6.37. The zero-order chi connectivity index (χ0) is 19.0. The van der Waals surface area contributed by atoms with Gasteiger partial charge in [0.25, 0.3) is 0 Å². The second-order valence-electron chi connectivity index (χ2n) is 6.85. The maximum absolute atomic E-state index is 13.1. The molecule has 27 heavy (non-hydrogen) atoms. The van der Waals surface area contributed by atoms with E-state index in [9.17, 15) is 9.59 Å². The van der Waals surface area contributed by atoms with Crippen molar-refractivity contribution in [3.63, 3.8) is 0 Å². The molecule has 1 aliphatic heterocycles. The summed E-state index contributed by atoms with van der Waals surface area (Å²) in [5.41, 5.74) is 3.12. The number of hydrogen-bond donors (Lipinski definition) is 0. The number of halogens is 1. The van der Waals surface area contributed by atoms with Gasteiger partial charge < -0.3 is 4.74 Å². The predicted octanol–water partition coefficient (Wildman–Crippen LogP) is 4.88. The molecule has 0 saturated carbocycles. The quantitative estimate of drug-likeness (QED) is 0.761. The molecule has 2 aliphatic rings. The normalized spacial score (nSPS) is 19.9.